The van der Waals surface area contributed by atoms with Gasteiger partial charge in [0, 0.05) is 31.5 Å². The van der Waals surface area contributed by atoms with Crippen molar-refractivity contribution >= 4 is 5.91 Å². The highest BCUT2D eigenvalue weighted by Crippen LogP contribution is 2.47. The number of benzene rings is 2. The Balaban J connectivity index is 1.47. The van der Waals surface area contributed by atoms with Crippen LogP contribution in [0.1, 0.15) is 75.2 Å². The molecule has 0 saturated carbocycles. The number of carbonyl (C=O) groups excluding carboxylic acids is 1. The summed E-state index contributed by atoms with van der Waals surface area (Å²) in [6.07, 6.45) is 3.94. The first kappa shape index (κ1) is 23.5. The van der Waals surface area contributed by atoms with Crippen molar-refractivity contribution in [2.45, 2.75) is 71.0 Å². The van der Waals surface area contributed by atoms with Crippen LogP contribution in [0.4, 0.5) is 0 Å². The molecule has 33 heavy (non-hydrogen) atoms. The predicted octanol–water partition coefficient (Wildman–Crippen LogP) is 6.07. The fourth-order valence-corrected chi connectivity index (χ4v) is 5.28. The second-order valence-electron chi connectivity index (χ2n) is 10.2. The van der Waals surface area contributed by atoms with E-state index in [-0.39, 0.29) is 17.6 Å². The van der Waals surface area contributed by atoms with Gasteiger partial charge in [0.15, 0.2) is 11.5 Å². The molecule has 0 bridgehead atoms. The molecule has 2 aromatic carbocycles. The van der Waals surface area contributed by atoms with Crippen LogP contribution in [0.15, 0.2) is 42.5 Å². The lowest BCUT2D eigenvalue weighted by Gasteiger charge is -2.47. The molecule has 0 radical (unpaired) electrons. The molecule has 1 amide bonds. The number of rotatable bonds is 6. The van der Waals surface area contributed by atoms with Crippen LogP contribution in [0.5, 0.6) is 17.2 Å². The van der Waals surface area contributed by atoms with Crippen LogP contribution in [0.2, 0.25) is 0 Å². The summed E-state index contributed by atoms with van der Waals surface area (Å²) in [6, 6.07) is 13.9. The summed E-state index contributed by atoms with van der Waals surface area (Å²) in [7, 11) is 1.60. The van der Waals surface area contributed by atoms with E-state index in [1.165, 1.54) is 5.56 Å². The molecule has 0 aromatic heterocycles. The van der Waals surface area contributed by atoms with Crippen LogP contribution in [0.3, 0.4) is 0 Å². The number of para-hydroxylation sites is 1. The van der Waals surface area contributed by atoms with Crippen LogP contribution in [-0.4, -0.2) is 42.7 Å². The lowest BCUT2D eigenvalue weighted by atomic mass is 9.74. The van der Waals surface area contributed by atoms with Gasteiger partial charge in [0.25, 0.3) is 5.91 Å². The van der Waals surface area contributed by atoms with E-state index in [1.54, 1.807) is 13.2 Å². The predicted molar refractivity (Wildman–Crippen MR) is 131 cm³/mol. The summed E-state index contributed by atoms with van der Waals surface area (Å²) in [5.41, 5.74) is 1.79. The van der Waals surface area contributed by atoms with Crippen molar-refractivity contribution in [3.05, 3.63) is 53.6 Å². The molecule has 178 valence electrons. The fourth-order valence-electron chi connectivity index (χ4n) is 5.28. The van der Waals surface area contributed by atoms with Crippen LogP contribution >= 0.6 is 0 Å². The Morgan fingerprint density at radius 1 is 1.09 bits per heavy atom. The Morgan fingerprint density at radius 3 is 2.48 bits per heavy atom. The van der Waals surface area contributed by atoms with E-state index in [4.69, 9.17) is 14.2 Å². The van der Waals surface area contributed by atoms with E-state index in [9.17, 15) is 4.79 Å². The molecule has 1 unspecified atom stereocenters. The second kappa shape index (κ2) is 9.66. The number of fused-ring (bicyclic) bond motifs is 1. The standard InChI is InChI=1S/C28H37NO4/c1-19(2)16-22-18-28(33-24-9-7-6-8-23(22)24)12-14-29(15-13-28)27(30)21-10-11-25(32-20(3)4)26(17-21)31-5/h6-11,17,19-20,22H,12-16,18H2,1-5H3. The molecule has 2 aliphatic rings. The number of nitrogens with zero attached hydrogens (tertiary/aromatic N) is 1. The van der Waals surface area contributed by atoms with E-state index >= 15 is 0 Å². The molecular weight excluding hydrogens is 414 g/mol. The smallest absolute Gasteiger partial charge is 0.253 e. The van der Waals surface area contributed by atoms with Crippen LogP contribution < -0.4 is 14.2 Å². The number of piperidine rings is 1. The van der Waals surface area contributed by atoms with Crippen molar-refractivity contribution in [3.63, 3.8) is 0 Å². The van der Waals surface area contributed by atoms with Gasteiger partial charge in [0.2, 0.25) is 0 Å². The van der Waals surface area contributed by atoms with Crippen molar-refractivity contribution in [1.82, 2.24) is 4.90 Å². The Hall–Kier alpha value is -2.69. The normalized spacial score (nSPS) is 19.4. The average molecular weight is 452 g/mol. The molecule has 1 fully saturated rings. The quantitative estimate of drug-likeness (QED) is 0.535. The number of hydrogen-bond acceptors (Lipinski definition) is 4. The third-order valence-electron chi connectivity index (χ3n) is 6.79. The highest BCUT2D eigenvalue weighted by atomic mass is 16.5. The summed E-state index contributed by atoms with van der Waals surface area (Å²) in [5.74, 6) is 3.46. The number of hydrogen-bond donors (Lipinski definition) is 0. The zero-order chi connectivity index (χ0) is 23.6. The van der Waals surface area contributed by atoms with Crippen molar-refractivity contribution in [2.24, 2.45) is 5.92 Å². The summed E-state index contributed by atoms with van der Waals surface area (Å²) >= 11 is 0. The van der Waals surface area contributed by atoms with Crippen LogP contribution in [0, 0.1) is 5.92 Å². The maximum absolute atomic E-state index is 13.3. The molecule has 1 spiro atoms. The van der Waals surface area contributed by atoms with Crippen molar-refractivity contribution < 1.29 is 19.0 Å². The monoisotopic (exact) mass is 451 g/mol. The average Bonchev–Trinajstić information content (AvgIpc) is 2.78. The molecule has 2 aliphatic heterocycles. The Bertz CT molecular complexity index is 976. The third kappa shape index (κ3) is 5.13. The number of amides is 1. The van der Waals surface area contributed by atoms with Gasteiger partial charge in [-0.05, 0) is 68.4 Å². The van der Waals surface area contributed by atoms with E-state index in [1.807, 2.05) is 30.9 Å². The zero-order valence-corrected chi connectivity index (χ0v) is 20.6. The largest absolute Gasteiger partial charge is 0.493 e. The Morgan fingerprint density at radius 2 is 1.82 bits per heavy atom. The molecule has 5 heteroatoms. The van der Waals surface area contributed by atoms with Crippen LogP contribution in [-0.2, 0) is 0 Å². The van der Waals surface area contributed by atoms with Gasteiger partial charge in [0.05, 0.1) is 13.2 Å². The van der Waals surface area contributed by atoms with Gasteiger partial charge in [-0.1, -0.05) is 32.0 Å². The van der Waals surface area contributed by atoms with Gasteiger partial charge in [-0.2, -0.15) is 0 Å². The highest BCUT2D eigenvalue weighted by Gasteiger charge is 2.44. The maximum atomic E-state index is 13.3. The number of ether oxygens (including phenoxy) is 3. The minimum absolute atomic E-state index is 0.0363. The van der Waals surface area contributed by atoms with E-state index in [2.05, 4.69) is 38.1 Å². The minimum atomic E-state index is -0.183. The first-order valence-corrected chi connectivity index (χ1v) is 12.2. The molecule has 5 nitrogen and oxygen atoms in total. The zero-order valence-electron chi connectivity index (χ0n) is 20.6. The highest BCUT2D eigenvalue weighted by molar-refractivity contribution is 5.95. The molecule has 2 heterocycles. The molecule has 0 N–H and O–H groups in total. The second-order valence-corrected chi connectivity index (χ2v) is 10.2. The maximum Gasteiger partial charge on any atom is 0.253 e. The van der Waals surface area contributed by atoms with Gasteiger partial charge in [-0.3, -0.25) is 4.79 Å². The topological polar surface area (TPSA) is 48.0 Å². The van der Waals surface area contributed by atoms with Gasteiger partial charge in [0.1, 0.15) is 11.4 Å². The van der Waals surface area contributed by atoms with Crippen molar-refractivity contribution in [3.8, 4) is 17.2 Å². The summed E-state index contributed by atoms with van der Waals surface area (Å²) in [5, 5.41) is 0. The van der Waals surface area contributed by atoms with Gasteiger partial charge in [-0.25, -0.2) is 0 Å². The minimum Gasteiger partial charge on any atom is -0.493 e. The number of carbonyl (C=O) groups is 1. The van der Waals surface area contributed by atoms with Crippen molar-refractivity contribution in [2.75, 3.05) is 20.2 Å². The van der Waals surface area contributed by atoms with E-state index < -0.39 is 0 Å². The molecule has 2 aromatic rings. The fraction of sp³-hybridized carbons (Fsp3) is 0.536. The molecular formula is C28H37NO4. The van der Waals surface area contributed by atoms with Gasteiger partial charge < -0.3 is 19.1 Å². The third-order valence-corrected chi connectivity index (χ3v) is 6.79. The van der Waals surface area contributed by atoms with E-state index in [0.717, 1.165) is 31.4 Å². The summed E-state index contributed by atoms with van der Waals surface area (Å²) in [6.45, 7) is 9.92. The number of likely N-dealkylation sites (tertiary alicyclic amines) is 1. The Labute approximate surface area is 198 Å². The van der Waals surface area contributed by atoms with Gasteiger partial charge >= 0.3 is 0 Å². The Kier molecular flexibility index (Phi) is 6.87. The van der Waals surface area contributed by atoms with Gasteiger partial charge in [-0.15, -0.1) is 0 Å². The first-order valence-electron chi connectivity index (χ1n) is 12.2. The SMILES string of the molecule is COc1cc(C(=O)N2CCC3(CC2)CC(CC(C)C)c2ccccc2O3)ccc1OC(C)C. The molecule has 0 aliphatic carbocycles. The lowest BCUT2D eigenvalue weighted by molar-refractivity contribution is -0.0196. The summed E-state index contributed by atoms with van der Waals surface area (Å²) in [4.78, 5) is 15.2. The van der Waals surface area contributed by atoms with E-state index in [0.29, 0.717) is 42.0 Å². The van der Waals surface area contributed by atoms with Crippen LogP contribution in [0.25, 0.3) is 0 Å². The first-order chi connectivity index (χ1) is 15.8. The molecule has 1 saturated heterocycles. The number of methoxy groups -OCH3 is 1. The summed E-state index contributed by atoms with van der Waals surface area (Å²) < 4.78 is 17.9. The molecule has 4 rings (SSSR count). The molecule has 1 atom stereocenters. The lowest BCUT2D eigenvalue weighted by Crippen LogP contribution is -2.51. The van der Waals surface area contributed by atoms with Crippen molar-refractivity contribution in [1.29, 1.82) is 0 Å².